The Labute approximate surface area is 177 Å². The van der Waals surface area contributed by atoms with Gasteiger partial charge < -0.3 is 4.90 Å². The van der Waals surface area contributed by atoms with Crippen molar-refractivity contribution in [1.29, 1.82) is 0 Å². The molecule has 0 aliphatic heterocycles. The molecular formula is C21H25ClN2O4S. The summed E-state index contributed by atoms with van der Waals surface area (Å²) >= 11 is 1.84. The van der Waals surface area contributed by atoms with Gasteiger partial charge in [0.05, 0.1) is 0 Å². The maximum atomic E-state index is 8.49. The Morgan fingerprint density at radius 3 is 1.93 bits per heavy atom. The van der Waals surface area contributed by atoms with Crippen LogP contribution in [0, 0.1) is 16.2 Å². The van der Waals surface area contributed by atoms with Gasteiger partial charge >= 0.3 is 0 Å². The number of allylic oxidation sites excluding steroid dienone is 4. The summed E-state index contributed by atoms with van der Waals surface area (Å²) in [6.45, 7) is 0. The van der Waals surface area contributed by atoms with E-state index in [1.165, 1.54) is 21.8 Å². The Morgan fingerprint density at radius 2 is 1.52 bits per heavy atom. The molecule has 6 nitrogen and oxygen atoms in total. The first-order chi connectivity index (χ1) is 13.6. The van der Waals surface area contributed by atoms with Crippen LogP contribution in [0.25, 0.3) is 0 Å². The monoisotopic (exact) mass is 436 g/mol. The summed E-state index contributed by atoms with van der Waals surface area (Å²) in [7, 11) is 3.39. The van der Waals surface area contributed by atoms with Gasteiger partial charge in [0.1, 0.15) is 14.1 Å². The van der Waals surface area contributed by atoms with E-state index in [0.717, 1.165) is 0 Å². The van der Waals surface area contributed by atoms with E-state index in [-0.39, 0.29) is 0 Å². The minimum absolute atomic E-state index is 0.373. The molecule has 1 heterocycles. The van der Waals surface area contributed by atoms with E-state index in [4.69, 9.17) is 18.6 Å². The lowest BCUT2D eigenvalue weighted by atomic mass is 9.82. The molecule has 1 aromatic carbocycles. The zero-order chi connectivity index (χ0) is 21.6. The van der Waals surface area contributed by atoms with Crippen LogP contribution in [0.3, 0.4) is 0 Å². The van der Waals surface area contributed by atoms with Crippen LogP contribution in [0.4, 0.5) is 5.69 Å². The van der Waals surface area contributed by atoms with Crippen molar-refractivity contribution in [2.45, 2.75) is 5.92 Å². The van der Waals surface area contributed by atoms with Gasteiger partial charge in [-0.3, -0.25) is 0 Å². The molecule has 0 radical (unpaired) electrons. The van der Waals surface area contributed by atoms with Gasteiger partial charge in [0, 0.05) is 48.6 Å². The SMILES string of the molecule is CN(C)c1ccc(C(c2cccs2)C2C=CC(=[N+](C)C)C=C2)cc1.[O-][Cl+3]([O-])([O-])[O-]. The van der Waals surface area contributed by atoms with Crippen molar-refractivity contribution in [1.82, 2.24) is 0 Å². The molecule has 1 aromatic heterocycles. The highest BCUT2D eigenvalue weighted by Crippen LogP contribution is 2.37. The van der Waals surface area contributed by atoms with Crippen LogP contribution < -0.4 is 23.5 Å². The average molecular weight is 437 g/mol. The average Bonchev–Trinajstić information content (AvgIpc) is 3.15. The number of hydrogen-bond acceptors (Lipinski definition) is 6. The molecule has 0 bridgehead atoms. The van der Waals surface area contributed by atoms with E-state index in [1.807, 2.05) is 11.3 Å². The molecule has 1 aliphatic carbocycles. The van der Waals surface area contributed by atoms with Crippen LogP contribution in [0.2, 0.25) is 0 Å². The van der Waals surface area contributed by atoms with E-state index in [0.29, 0.717) is 11.8 Å². The van der Waals surface area contributed by atoms with E-state index in [2.05, 4.69) is 104 Å². The summed E-state index contributed by atoms with van der Waals surface area (Å²) < 4.78 is 36.1. The van der Waals surface area contributed by atoms with E-state index in [1.54, 1.807) is 0 Å². The predicted octanol–water partition coefficient (Wildman–Crippen LogP) is -0.355. The van der Waals surface area contributed by atoms with Crippen molar-refractivity contribution in [2.24, 2.45) is 5.92 Å². The van der Waals surface area contributed by atoms with E-state index >= 15 is 0 Å². The normalized spacial score (nSPS) is 16.8. The van der Waals surface area contributed by atoms with E-state index < -0.39 is 10.2 Å². The lowest BCUT2D eigenvalue weighted by Crippen LogP contribution is -2.68. The Hall–Kier alpha value is -2.00. The summed E-state index contributed by atoms with van der Waals surface area (Å²) in [5, 5.41) is 2.17. The molecule has 0 amide bonds. The Morgan fingerprint density at radius 1 is 0.966 bits per heavy atom. The smallest absolute Gasteiger partial charge is 0.198 e. The summed E-state index contributed by atoms with van der Waals surface area (Å²) in [4.78, 5) is 3.56. The molecule has 29 heavy (non-hydrogen) atoms. The lowest BCUT2D eigenvalue weighted by molar-refractivity contribution is -2.00. The van der Waals surface area contributed by atoms with Gasteiger partial charge in [0.15, 0.2) is 5.71 Å². The zero-order valence-electron chi connectivity index (χ0n) is 16.8. The number of thiophene rings is 1. The third-order valence-corrected chi connectivity index (χ3v) is 5.45. The van der Waals surface area contributed by atoms with Crippen molar-refractivity contribution in [2.75, 3.05) is 33.1 Å². The van der Waals surface area contributed by atoms with Crippen molar-refractivity contribution in [3.63, 3.8) is 0 Å². The third kappa shape index (κ3) is 7.40. The second-order valence-electron chi connectivity index (χ2n) is 6.97. The summed E-state index contributed by atoms with van der Waals surface area (Å²) in [6.07, 6.45) is 9.14. The highest BCUT2D eigenvalue weighted by molar-refractivity contribution is 7.10. The van der Waals surface area contributed by atoms with Crippen LogP contribution in [-0.2, 0) is 0 Å². The van der Waals surface area contributed by atoms with Crippen LogP contribution in [-0.4, -0.2) is 38.5 Å². The first-order valence-corrected chi connectivity index (χ1v) is 11.0. The molecule has 0 N–H and O–H groups in total. The number of hydrogen-bond donors (Lipinski definition) is 0. The fraction of sp³-hybridized carbons (Fsp3) is 0.286. The molecule has 0 saturated heterocycles. The molecule has 1 atom stereocenters. The quantitative estimate of drug-likeness (QED) is 0.610. The van der Waals surface area contributed by atoms with Crippen LogP contribution >= 0.6 is 11.3 Å². The fourth-order valence-electron chi connectivity index (χ4n) is 3.08. The minimum atomic E-state index is -4.94. The Balaban J connectivity index is 0.000000537. The standard InChI is InChI=1S/C21H25N2S.ClHO4/c1-22(2)18-11-7-16(8-12-18)21(20-6-5-15-24-20)17-9-13-19(14-10-17)23(3)4;2-1(3,4)5/h5-16,21H,1-4H3;(H,2,3,4,5)/q+1;/p-1. The Bertz CT molecular complexity index is 843. The molecule has 1 unspecified atom stereocenters. The van der Waals surface area contributed by atoms with Crippen LogP contribution in [0.15, 0.2) is 66.1 Å². The molecule has 3 rings (SSSR count). The first kappa shape index (κ1) is 23.3. The van der Waals surface area contributed by atoms with Gasteiger partial charge in [-0.25, -0.2) is 23.2 Å². The molecule has 8 heteroatoms. The minimum Gasteiger partial charge on any atom is -0.378 e. The number of nitrogens with zero attached hydrogens (tertiary/aromatic N) is 2. The maximum absolute atomic E-state index is 8.49. The maximum Gasteiger partial charge on any atom is 0.198 e. The Kier molecular flexibility index (Phi) is 8.15. The van der Waals surface area contributed by atoms with Gasteiger partial charge in [0.25, 0.3) is 0 Å². The fourth-order valence-corrected chi connectivity index (χ4v) is 3.99. The topological polar surface area (TPSA) is 98.5 Å². The van der Waals surface area contributed by atoms with Crippen molar-refractivity contribution < 1.29 is 33.5 Å². The van der Waals surface area contributed by atoms with Crippen molar-refractivity contribution >= 4 is 22.7 Å². The zero-order valence-corrected chi connectivity index (χ0v) is 18.4. The van der Waals surface area contributed by atoms with Gasteiger partial charge in [-0.05, 0) is 29.1 Å². The summed E-state index contributed by atoms with van der Waals surface area (Å²) in [6, 6.07) is 13.4. The van der Waals surface area contributed by atoms with Crippen LogP contribution in [0.1, 0.15) is 16.4 Å². The highest BCUT2D eigenvalue weighted by Gasteiger charge is 2.24. The number of anilines is 1. The van der Waals surface area contributed by atoms with E-state index in [9.17, 15) is 0 Å². The number of rotatable bonds is 4. The van der Waals surface area contributed by atoms with Gasteiger partial charge in [-0.15, -0.1) is 21.6 Å². The molecule has 156 valence electrons. The molecule has 0 saturated carbocycles. The molecule has 0 fully saturated rings. The second-order valence-corrected chi connectivity index (χ2v) is 8.71. The second kappa shape index (κ2) is 10.2. The molecule has 0 spiro atoms. The highest BCUT2D eigenvalue weighted by atomic mass is 35.7. The van der Waals surface area contributed by atoms with Gasteiger partial charge in [0.2, 0.25) is 0 Å². The number of halogens is 1. The summed E-state index contributed by atoms with van der Waals surface area (Å²) in [5.74, 6) is 0.759. The first-order valence-electron chi connectivity index (χ1n) is 8.89. The number of benzene rings is 1. The van der Waals surface area contributed by atoms with Gasteiger partial charge in [-0.2, -0.15) is 0 Å². The van der Waals surface area contributed by atoms with Crippen LogP contribution in [0.5, 0.6) is 0 Å². The largest absolute Gasteiger partial charge is 0.378 e. The molecule has 1 aliphatic rings. The predicted molar refractivity (Wildman–Crippen MR) is 106 cm³/mol. The summed E-state index contributed by atoms with van der Waals surface area (Å²) in [5.41, 5.74) is 3.86. The van der Waals surface area contributed by atoms with Crippen molar-refractivity contribution in [3.05, 3.63) is 76.5 Å². The lowest BCUT2D eigenvalue weighted by Gasteiger charge is -2.24. The van der Waals surface area contributed by atoms with Gasteiger partial charge in [-0.1, -0.05) is 30.4 Å². The third-order valence-electron chi connectivity index (χ3n) is 4.50. The van der Waals surface area contributed by atoms with Crippen molar-refractivity contribution in [3.8, 4) is 0 Å². The molecular weight excluding hydrogens is 412 g/mol. The molecule has 2 aromatic rings.